The van der Waals surface area contributed by atoms with Gasteiger partial charge in [0.2, 0.25) is 0 Å². The van der Waals surface area contributed by atoms with Gasteiger partial charge in [-0.2, -0.15) is 13.2 Å². The number of nitrogens with one attached hydrogen (secondary N) is 1. The molecule has 2 aliphatic heterocycles. The fraction of sp³-hybridized carbons (Fsp3) is 0.667. The lowest BCUT2D eigenvalue weighted by Gasteiger charge is -2.21. The highest BCUT2D eigenvalue weighted by molar-refractivity contribution is 7.99. The van der Waals surface area contributed by atoms with Crippen LogP contribution in [0, 0.1) is 11.2 Å². The predicted molar refractivity (Wildman–Crippen MR) is 123 cm³/mol. The highest BCUT2D eigenvalue weighted by Gasteiger charge is 2.58. The third-order valence-electron chi connectivity index (χ3n) is 7.78. The highest BCUT2D eigenvalue weighted by Crippen LogP contribution is 2.64. The zero-order chi connectivity index (χ0) is 23.9. The van der Waals surface area contributed by atoms with Gasteiger partial charge in [-0.25, -0.2) is 4.39 Å². The molecule has 0 unspecified atom stereocenters. The smallest absolute Gasteiger partial charge is 0.317 e. The quantitative estimate of drug-likeness (QED) is 0.338. The number of alkyl halides is 3. The van der Waals surface area contributed by atoms with Crippen molar-refractivity contribution in [1.29, 1.82) is 0 Å². The summed E-state index contributed by atoms with van der Waals surface area (Å²) in [5.74, 6) is 1.83. The van der Waals surface area contributed by atoms with Crippen LogP contribution in [-0.2, 0) is 13.2 Å². The van der Waals surface area contributed by atoms with Gasteiger partial charge in [0.15, 0.2) is 5.16 Å². The van der Waals surface area contributed by atoms with Crippen molar-refractivity contribution in [3.05, 3.63) is 41.0 Å². The monoisotopic (exact) mass is 497 g/mol. The highest BCUT2D eigenvalue weighted by atomic mass is 32.2. The van der Waals surface area contributed by atoms with Crippen molar-refractivity contribution < 1.29 is 17.6 Å². The Kier molecular flexibility index (Phi) is 6.67. The molecule has 186 valence electrons. The molecule has 5 rings (SSSR count). The van der Waals surface area contributed by atoms with Crippen LogP contribution in [0.15, 0.2) is 23.4 Å². The summed E-state index contributed by atoms with van der Waals surface area (Å²) in [5.41, 5.74) is -0.446. The van der Waals surface area contributed by atoms with E-state index >= 15 is 0 Å². The molecule has 3 aliphatic rings. The summed E-state index contributed by atoms with van der Waals surface area (Å²) >= 11 is 1.74. The molecule has 0 radical (unpaired) electrons. The minimum Gasteiger partial charge on any atom is -0.317 e. The van der Waals surface area contributed by atoms with Crippen LogP contribution in [0.25, 0.3) is 0 Å². The molecular weight excluding hydrogens is 466 g/mol. The van der Waals surface area contributed by atoms with E-state index < -0.39 is 17.6 Å². The van der Waals surface area contributed by atoms with E-state index in [9.17, 15) is 17.6 Å². The number of nitrogens with zero attached hydrogens (tertiary/aromatic N) is 4. The molecule has 1 aromatic heterocycles. The summed E-state index contributed by atoms with van der Waals surface area (Å²) in [5, 5.41) is 13.2. The van der Waals surface area contributed by atoms with E-state index in [0.717, 1.165) is 87.6 Å². The summed E-state index contributed by atoms with van der Waals surface area (Å²) in [7, 11) is 2.05. The molecule has 0 bridgehead atoms. The van der Waals surface area contributed by atoms with Gasteiger partial charge in [-0.3, -0.25) is 0 Å². The van der Waals surface area contributed by atoms with Crippen LogP contribution in [0.2, 0.25) is 0 Å². The molecule has 2 atom stereocenters. The first-order chi connectivity index (χ1) is 16.3. The number of halogens is 4. The summed E-state index contributed by atoms with van der Waals surface area (Å²) < 4.78 is 55.1. The van der Waals surface area contributed by atoms with Crippen molar-refractivity contribution >= 4 is 11.8 Å². The molecule has 10 heteroatoms. The Morgan fingerprint density at radius 2 is 2.00 bits per heavy atom. The predicted octanol–water partition coefficient (Wildman–Crippen LogP) is 4.80. The van der Waals surface area contributed by atoms with Gasteiger partial charge in [-0.15, -0.1) is 10.2 Å². The number of likely N-dealkylation sites (tertiary alicyclic amines) is 1. The van der Waals surface area contributed by atoms with Gasteiger partial charge in [0.1, 0.15) is 11.6 Å². The number of aromatic nitrogens is 3. The number of rotatable bonds is 7. The van der Waals surface area contributed by atoms with Gasteiger partial charge in [0.25, 0.3) is 0 Å². The Morgan fingerprint density at radius 3 is 2.74 bits per heavy atom. The second-order valence-corrected chi connectivity index (χ2v) is 11.1. The van der Waals surface area contributed by atoms with E-state index in [1.54, 1.807) is 11.8 Å². The maximum atomic E-state index is 14.4. The van der Waals surface area contributed by atoms with Crippen LogP contribution in [-0.4, -0.2) is 58.1 Å². The minimum absolute atomic E-state index is 0.0288. The first-order valence-electron chi connectivity index (χ1n) is 12.1. The second kappa shape index (κ2) is 9.43. The Hall–Kier alpha value is -1.65. The summed E-state index contributed by atoms with van der Waals surface area (Å²) in [4.78, 5) is 2.42. The largest absolute Gasteiger partial charge is 0.416 e. The van der Waals surface area contributed by atoms with Crippen molar-refractivity contribution in [2.24, 2.45) is 12.5 Å². The Morgan fingerprint density at radius 1 is 1.21 bits per heavy atom. The molecule has 2 aromatic rings. The van der Waals surface area contributed by atoms with E-state index in [4.69, 9.17) is 0 Å². The van der Waals surface area contributed by atoms with Gasteiger partial charge < -0.3 is 14.8 Å². The van der Waals surface area contributed by atoms with Crippen LogP contribution >= 0.6 is 11.8 Å². The van der Waals surface area contributed by atoms with Crippen LogP contribution in [0.4, 0.5) is 17.6 Å². The van der Waals surface area contributed by atoms with Crippen molar-refractivity contribution in [2.75, 3.05) is 38.5 Å². The zero-order valence-electron chi connectivity index (χ0n) is 19.4. The number of benzene rings is 1. The van der Waals surface area contributed by atoms with Crippen molar-refractivity contribution in [2.45, 2.75) is 55.3 Å². The zero-order valence-corrected chi connectivity index (χ0v) is 20.2. The van der Waals surface area contributed by atoms with Gasteiger partial charge in [-0.05, 0) is 87.3 Å². The number of thioether (sulfide) groups is 1. The topological polar surface area (TPSA) is 46.0 Å². The van der Waals surface area contributed by atoms with Crippen LogP contribution in [0.5, 0.6) is 0 Å². The lowest BCUT2D eigenvalue weighted by atomic mass is 9.97. The molecule has 1 spiro atoms. The third kappa shape index (κ3) is 4.86. The molecule has 5 nitrogen and oxygen atoms in total. The molecule has 1 aromatic carbocycles. The number of hydrogen-bond donors (Lipinski definition) is 1. The van der Waals surface area contributed by atoms with Gasteiger partial charge in [-0.1, -0.05) is 17.8 Å². The van der Waals surface area contributed by atoms with E-state index in [-0.39, 0.29) is 11.3 Å². The Labute approximate surface area is 201 Å². The fourth-order valence-electron chi connectivity index (χ4n) is 5.74. The van der Waals surface area contributed by atoms with Crippen molar-refractivity contribution in [3.63, 3.8) is 0 Å². The fourth-order valence-corrected chi connectivity index (χ4v) is 6.58. The van der Waals surface area contributed by atoms with E-state index in [1.807, 2.05) is 0 Å². The molecule has 3 heterocycles. The minimum atomic E-state index is -4.51. The Bertz CT molecular complexity index is 1020. The third-order valence-corrected chi connectivity index (χ3v) is 8.89. The van der Waals surface area contributed by atoms with Crippen molar-refractivity contribution in [1.82, 2.24) is 25.0 Å². The molecule has 2 saturated heterocycles. The average Bonchev–Trinajstić information content (AvgIpc) is 3.14. The lowest BCUT2D eigenvalue weighted by Crippen LogP contribution is -2.27. The maximum Gasteiger partial charge on any atom is 0.416 e. The molecule has 1 N–H and O–H groups in total. The van der Waals surface area contributed by atoms with Gasteiger partial charge in [0.05, 0.1) is 5.56 Å². The van der Waals surface area contributed by atoms with E-state index in [2.05, 4.69) is 32.0 Å². The summed E-state index contributed by atoms with van der Waals surface area (Å²) in [6.07, 6.45) is 0.556. The normalized spacial score (nSPS) is 26.0. The molecule has 1 saturated carbocycles. The first kappa shape index (κ1) is 24.1. The maximum absolute atomic E-state index is 14.4. The SMILES string of the molecule is Cn1c(SCCCN2CC[C@]3(C[C@@H]3c3ccc(C(F)(F)F)cc3F)C2)nnc1C1CCNCC1. The van der Waals surface area contributed by atoms with Crippen molar-refractivity contribution in [3.8, 4) is 0 Å². The van der Waals surface area contributed by atoms with E-state index in [0.29, 0.717) is 17.5 Å². The van der Waals surface area contributed by atoms with Crippen LogP contribution in [0.3, 0.4) is 0 Å². The standard InChI is InChI=1S/C24H31F4N5S/c1-32-21(16-5-8-29-9-6-16)30-31-22(32)34-12-2-10-33-11-7-23(15-33)14-19(23)18-4-3-17(13-20(18)25)24(26,27)28/h3-4,13,16,19,29H,2,5-12,14-15H2,1H3/t19-,23+/m1/s1. The summed E-state index contributed by atoms with van der Waals surface area (Å²) in [6, 6.07) is 3.00. The molecular formula is C24H31F4N5S. The number of piperidine rings is 1. The first-order valence-corrected chi connectivity index (χ1v) is 13.1. The Balaban J connectivity index is 1.09. The molecule has 34 heavy (non-hydrogen) atoms. The molecule has 1 aliphatic carbocycles. The van der Waals surface area contributed by atoms with Crippen LogP contribution in [0.1, 0.15) is 60.9 Å². The second-order valence-electron chi connectivity index (χ2n) is 10.0. The molecule has 0 amide bonds. The number of hydrogen-bond acceptors (Lipinski definition) is 5. The molecule has 3 fully saturated rings. The lowest BCUT2D eigenvalue weighted by molar-refractivity contribution is -0.137. The van der Waals surface area contributed by atoms with Gasteiger partial charge >= 0.3 is 6.18 Å². The summed E-state index contributed by atoms with van der Waals surface area (Å²) in [6.45, 7) is 4.89. The van der Waals surface area contributed by atoms with Crippen LogP contribution < -0.4 is 5.32 Å². The van der Waals surface area contributed by atoms with Gasteiger partial charge in [0, 0.05) is 25.3 Å². The average molecular weight is 498 g/mol. The van der Waals surface area contributed by atoms with E-state index in [1.165, 1.54) is 6.07 Å².